The van der Waals surface area contributed by atoms with Gasteiger partial charge in [-0.25, -0.2) is 8.42 Å². The minimum absolute atomic E-state index is 0.207. The Morgan fingerprint density at radius 2 is 1.68 bits per heavy atom. The zero-order valence-corrected chi connectivity index (χ0v) is 12.8. The zero-order chi connectivity index (χ0) is 15.6. The first-order valence-electron chi connectivity index (χ1n) is 6.74. The summed E-state index contributed by atoms with van der Waals surface area (Å²) in [4.78, 5) is 6.86. The Labute approximate surface area is 129 Å². The number of benzene rings is 2. The van der Waals surface area contributed by atoms with Crippen LogP contribution in [0.5, 0.6) is 0 Å². The Balaban J connectivity index is 1.86. The van der Waals surface area contributed by atoms with Crippen molar-refractivity contribution in [1.29, 1.82) is 0 Å². The molecule has 0 bridgehead atoms. The van der Waals surface area contributed by atoms with Gasteiger partial charge in [-0.3, -0.25) is 4.98 Å². The predicted molar refractivity (Wildman–Crippen MR) is 86.9 cm³/mol. The third-order valence-electron chi connectivity index (χ3n) is 3.28. The number of anilines is 1. The Bertz CT molecular complexity index is 901. The van der Waals surface area contributed by atoms with Gasteiger partial charge in [0.1, 0.15) is 0 Å². The molecule has 0 saturated carbocycles. The summed E-state index contributed by atoms with van der Waals surface area (Å²) >= 11 is 0. The highest BCUT2D eigenvalue weighted by Crippen LogP contribution is 2.20. The maximum Gasteiger partial charge on any atom is 0.257 e. The first-order chi connectivity index (χ1) is 10.6. The lowest BCUT2D eigenvalue weighted by molar-refractivity contribution is 0.588. The molecule has 5 nitrogen and oxygen atoms in total. The first-order valence-corrected chi connectivity index (χ1v) is 8.23. The first kappa shape index (κ1) is 14.5. The van der Waals surface area contributed by atoms with Crippen LogP contribution < -0.4 is 10.3 Å². The molecule has 0 unspecified atom stereocenters. The third kappa shape index (κ3) is 2.93. The maximum atomic E-state index is 12.3. The van der Waals surface area contributed by atoms with Crippen LogP contribution in [0.25, 0.3) is 10.9 Å². The summed E-state index contributed by atoms with van der Waals surface area (Å²) < 4.78 is 24.5. The maximum absolute atomic E-state index is 12.3. The van der Waals surface area contributed by atoms with Crippen LogP contribution in [0.2, 0.25) is 0 Å². The van der Waals surface area contributed by atoms with Gasteiger partial charge in [0, 0.05) is 11.6 Å². The molecule has 1 heterocycles. The van der Waals surface area contributed by atoms with Gasteiger partial charge in [-0.05, 0) is 31.2 Å². The molecular formula is C16H15N3O2S. The number of hydrogen-bond acceptors (Lipinski definition) is 4. The Morgan fingerprint density at radius 3 is 2.45 bits per heavy atom. The molecule has 0 aliphatic heterocycles. The summed E-state index contributed by atoms with van der Waals surface area (Å²) in [6.07, 6.45) is 1.67. The number of pyridine rings is 1. The molecule has 3 aromatic rings. The quantitative estimate of drug-likeness (QED) is 0.727. The van der Waals surface area contributed by atoms with Crippen molar-refractivity contribution in [3.63, 3.8) is 0 Å². The van der Waals surface area contributed by atoms with E-state index in [-0.39, 0.29) is 4.90 Å². The summed E-state index contributed by atoms with van der Waals surface area (Å²) in [6.45, 7) is 1.91. The van der Waals surface area contributed by atoms with Gasteiger partial charge in [-0.1, -0.05) is 35.9 Å². The number of sulfonamides is 1. The summed E-state index contributed by atoms with van der Waals surface area (Å²) in [6, 6.07) is 15.9. The van der Waals surface area contributed by atoms with Crippen LogP contribution in [0.4, 0.5) is 5.69 Å². The number of nitrogens with zero attached hydrogens (tertiary/aromatic N) is 1. The van der Waals surface area contributed by atoms with Gasteiger partial charge in [0.15, 0.2) is 0 Å². The second kappa shape index (κ2) is 5.75. The van der Waals surface area contributed by atoms with E-state index in [0.29, 0.717) is 11.2 Å². The van der Waals surface area contributed by atoms with Gasteiger partial charge in [-0.15, -0.1) is 4.83 Å². The molecule has 0 saturated heterocycles. The van der Waals surface area contributed by atoms with Crippen molar-refractivity contribution >= 4 is 26.6 Å². The average molecular weight is 313 g/mol. The Kier molecular flexibility index (Phi) is 3.79. The summed E-state index contributed by atoms with van der Waals surface area (Å²) in [5.74, 6) is 0. The molecule has 0 amide bonds. The van der Waals surface area contributed by atoms with Crippen LogP contribution in [0.1, 0.15) is 5.56 Å². The molecule has 0 fully saturated rings. The number of rotatable bonds is 4. The molecule has 112 valence electrons. The Morgan fingerprint density at radius 1 is 0.955 bits per heavy atom. The van der Waals surface area contributed by atoms with Crippen LogP contribution in [-0.2, 0) is 10.0 Å². The van der Waals surface area contributed by atoms with E-state index in [2.05, 4.69) is 15.2 Å². The van der Waals surface area contributed by atoms with Gasteiger partial charge in [0.2, 0.25) is 0 Å². The van der Waals surface area contributed by atoms with Crippen LogP contribution in [0.3, 0.4) is 0 Å². The fraction of sp³-hybridized carbons (Fsp3) is 0.0625. The van der Waals surface area contributed by atoms with Crippen molar-refractivity contribution in [3.8, 4) is 0 Å². The van der Waals surface area contributed by atoms with Crippen molar-refractivity contribution in [1.82, 2.24) is 9.82 Å². The molecule has 0 spiro atoms. The van der Waals surface area contributed by atoms with Gasteiger partial charge in [0.25, 0.3) is 10.0 Å². The van der Waals surface area contributed by atoms with E-state index in [1.165, 1.54) is 0 Å². The largest absolute Gasteiger partial charge is 0.306 e. The standard InChI is InChI=1S/C16H15N3O2S/c1-12-7-9-14(10-8-12)22(20,21)19-18-15-6-2-4-13-5-3-11-17-16(13)15/h2-11,18-19H,1H3. The monoisotopic (exact) mass is 313 g/mol. The van der Waals surface area contributed by atoms with Crippen LogP contribution in [-0.4, -0.2) is 13.4 Å². The number of aryl methyl sites for hydroxylation is 1. The number of aromatic nitrogens is 1. The van der Waals surface area contributed by atoms with E-state index in [1.54, 1.807) is 36.5 Å². The number of para-hydroxylation sites is 1. The van der Waals surface area contributed by atoms with Crippen molar-refractivity contribution in [2.45, 2.75) is 11.8 Å². The minimum atomic E-state index is -3.63. The van der Waals surface area contributed by atoms with Gasteiger partial charge in [-0.2, -0.15) is 0 Å². The third-order valence-corrected chi connectivity index (χ3v) is 4.55. The molecular weight excluding hydrogens is 298 g/mol. The van der Waals surface area contributed by atoms with Gasteiger partial charge in [0.05, 0.1) is 16.1 Å². The highest BCUT2D eigenvalue weighted by molar-refractivity contribution is 7.89. The normalized spacial score (nSPS) is 11.5. The summed E-state index contributed by atoms with van der Waals surface area (Å²) in [5, 5.41) is 0.932. The van der Waals surface area contributed by atoms with Crippen molar-refractivity contribution in [2.75, 3.05) is 5.43 Å². The van der Waals surface area contributed by atoms with Crippen molar-refractivity contribution < 1.29 is 8.42 Å². The lowest BCUT2D eigenvalue weighted by Gasteiger charge is -2.11. The minimum Gasteiger partial charge on any atom is -0.306 e. The molecule has 22 heavy (non-hydrogen) atoms. The van der Waals surface area contributed by atoms with Crippen molar-refractivity contribution in [3.05, 3.63) is 66.4 Å². The second-order valence-electron chi connectivity index (χ2n) is 4.92. The molecule has 2 N–H and O–H groups in total. The predicted octanol–water partition coefficient (Wildman–Crippen LogP) is 2.85. The highest BCUT2D eigenvalue weighted by Gasteiger charge is 2.13. The van der Waals surface area contributed by atoms with Crippen LogP contribution in [0, 0.1) is 6.92 Å². The SMILES string of the molecule is Cc1ccc(S(=O)(=O)NNc2cccc3cccnc23)cc1. The molecule has 3 rings (SSSR count). The molecule has 0 radical (unpaired) electrons. The van der Waals surface area contributed by atoms with Crippen molar-refractivity contribution in [2.24, 2.45) is 0 Å². The average Bonchev–Trinajstić information content (AvgIpc) is 2.53. The Hall–Kier alpha value is -2.44. The highest BCUT2D eigenvalue weighted by atomic mass is 32.2. The topological polar surface area (TPSA) is 71.1 Å². The molecule has 0 aliphatic carbocycles. The second-order valence-corrected chi connectivity index (χ2v) is 6.61. The fourth-order valence-corrected chi connectivity index (χ4v) is 2.96. The van der Waals surface area contributed by atoms with E-state index in [4.69, 9.17) is 0 Å². The van der Waals surface area contributed by atoms with Gasteiger partial charge >= 0.3 is 0 Å². The smallest absolute Gasteiger partial charge is 0.257 e. The van der Waals surface area contributed by atoms with Gasteiger partial charge < -0.3 is 5.43 Å². The van der Waals surface area contributed by atoms with E-state index in [9.17, 15) is 8.42 Å². The lowest BCUT2D eigenvalue weighted by Crippen LogP contribution is -2.29. The van der Waals surface area contributed by atoms with E-state index < -0.39 is 10.0 Å². The number of fused-ring (bicyclic) bond motifs is 1. The van der Waals surface area contributed by atoms with E-state index in [0.717, 1.165) is 10.9 Å². The number of hydrazine groups is 1. The molecule has 2 aromatic carbocycles. The number of nitrogens with one attached hydrogen (secondary N) is 2. The fourth-order valence-electron chi connectivity index (χ4n) is 2.10. The molecule has 0 aliphatic rings. The summed E-state index contributed by atoms with van der Waals surface area (Å²) in [7, 11) is -3.63. The van der Waals surface area contributed by atoms with E-state index >= 15 is 0 Å². The molecule has 6 heteroatoms. The van der Waals surface area contributed by atoms with Crippen LogP contribution in [0.15, 0.2) is 65.7 Å². The molecule has 0 atom stereocenters. The van der Waals surface area contributed by atoms with E-state index in [1.807, 2.05) is 31.2 Å². The lowest BCUT2D eigenvalue weighted by atomic mass is 10.2. The van der Waals surface area contributed by atoms with Crippen LogP contribution >= 0.6 is 0 Å². The molecule has 1 aromatic heterocycles. The number of hydrogen-bond donors (Lipinski definition) is 2. The summed E-state index contributed by atoms with van der Waals surface area (Å²) in [5.41, 5.74) is 5.06. The zero-order valence-electron chi connectivity index (χ0n) is 11.9.